The topological polar surface area (TPSA) is 58.9 Å². The van der Waals surface area contributed by atoms with Crippen molar-refractivity contribution in [1.82, 2.24) is 15.0 Å². The zero-order valence-electron chi connectivity index (χ0n) is 9.18. The number of aromatic hydroxyl groups is 1. The van der Waals surface area contributed by atoms with Gasteiger partial charge in [-0.2, -0.15) is 0 Å². The number of aromatic nitrogens is 3. The normalized spacial score (nSPS) is 10.9. The van der Waals surface area contributed by atoms with E-state index in [-0.39, 0.29) is 5.75 Å². The molecule has 2 heterocycles. The minimum atomic E-state index is 0.144. The summed E-state index contributed by atoms with van der Waals surface area (Å²) in [5.74, 6) is 0.791. The molecule has 0 aliphatic carbocycles. The lowest BCUT2D eigenvalue weighted by Gasteiger charge is -2.08. The fourth-order valence-corrected chi connectivity index (χ4v) is 2.49. The van der Waals surface area contributed by atoms with E-state index in [4.69, 9.17) is 0 Å². The van der Waals surface area contributed by atoms with Crippen molar-refractivity contribution in [3.05, 3.63) is 12.0 Å². The highest BCUT2D eigenvalue weighted by molar-refractivity contribution is 7.99. The molecule has 84 valence electrons. The minimum absolute atomic E-state index is 0.144. The zero-order valence-corrected chi connectivity index (χ0v) is 10.8. The van der Waals surface area contributed by atoms with E-state index in [1.54, 1.807) is 13.1 Å². The zero-order chi connectivity index (χ0) is 11.7. The molecule has 1 N–H and O–H groups in total. The monoisotopic (exact) mass is 253 g/mol. The van der Waals surface area contributed by atoms with Gasteiger partial charge >= 0.3 is 0 Å². The molecule has 2 aromatic rings. The summed E-state index contributed by atoms with van der Waals surface area (Å²) >= 11 is 2.94. The maximum Gasteiger partial charge on any atom is 0.174 e. The van der Waals surface area contributed by atoms with Crippen molar-refractivity contribution in [2.24, 2.45) is 0 Å². The van der Waals surface area contributed by atoms with Crippen LogP contribution in [0.2, 0.25) is 0 Å². The molecule has 0 saturated heterocycles. The van der Waals surface area contributed by atoms with Gasteiger partial charge in [-0.1, -0.05) is 0 Å². The number of thioether (sulfide) groups is 2. The Balaban J connectivity index is 2.85. The Hall–Kier alpha value is -1.01. The molecule has 0 aliphatic heterocycles. The Bertz CT molecular complexity index is 545. The second kappa shape index (κ2) is 4.47. The van der Waals surface area contributed by atoms with E-state index in [1.165, 1.54) is 23.5 Å². The van der Waals surface area contributed by atoms with Gasteiger partial charge in [-0.15, -0.1) is 23.5 Å². The molecule has 0 saturated carbocycles. The van der Waals surface area contributed by atoms with E-state index >= 15 is 0 Å². The van der Waals surface area contributed by atoms with Crippen LogP contribution in [0.25, 0.3) is 10.9 Å². The van der Waals surface area contributed by atoms with Crippen molar-refractivity contribution in [2.75, 3.05) is 12.5 Å². The first-order chi connectivity index (χ1) is 7.67. The number of hydrogen-bond acceptors (Lipinski definition) is 6. The van der Waals surface area contributed by atoms with E-state index in [0.717, 1.165) is 10.4 Å². The average Bonchev–Trinajstić information content (AvgIpc) is 2.30. The average molecular weight is 253 g/mol. The van der Waals surface area contributed by atoms with Gasteiger partial charge in [-0.3, -0.25) is 0 Å². The van der Waals surface area contributed by atoms with Gasteiger partial charge < -0.3 is 5.11 Å². The molecule has 0 radical (unpaired) electrons. The fraction of sp³-hybridized carbons (Fsp3) is 0.300. The van der Waals surface area contributed by atoms with Crippen LogP contribution in [0, 0.1) is 6.92 Å². The SMILES string of the molecule is CSc1nc(SC)c2cnc(C)nc2c1O. The van der Waals surface area contributed by atoms with E-state index in [2.05, 4.69) is 15.0 Å². The van der Waals surface area contributed by atoms with Gasteiger partial charge in [-0.05, 0) is 19.4 Å². The van der Waals surface area contributed by atoms with Crippen molar-refractivity contribution in [3.8, 4) is 5.75 Å². The molecule has 2 rings (SSSR count). The Morgan fingerprint density at radius 1 is 1.12 bits per heavy atom. The van der Waals surface area contributed by atoms with Crippen LogP contribution in [0.5, 0.6) is 5.75 Å². The molecule has 0 bridgehead atoms. The third-order valence-electron chi connectivity index (χ3n) is 2.16. The quantitative estimate of drug-likeness (QED) is 0.830. The fourth-order valence-electron chi connectivity index (χ4n) is 1.41. The molecule has 0 aromatic carbocycles. The van der Waals surface area contributed by atoms with E-state index in [1.807, 2.05) is 12.5 Å². The Kier molecular flexibility index (Phi) is 3.20. The summed E-state index contributed by atoms with van der Waals surface area (Å²) in [5.41, 5.74) is 0.580. The number of hydrogen-bond donors (Lipinski definition) is 1. The smallest absolute Gasteiger partial charge is 0.174 e. The van der Waals surface area contributed by atoms with Crippen LogP contribution in [-0.2, 0) is 0 Å². The lowest BCUT2D eigenvalue weighted by Crippen LogP contribution is -1.94. The molecular formula is C10H11N3OS2. The minimum Gasteiger partial charge on any atom is -0.503 e. The van der Waals surface area contributed by atoms with Crippen LogP contribution in [0.3, 0.4) is 0 Å². The molecule has 2 aromatic heterocycles. The molecule has 0 atom stereocenters. The molecular weight excluding hydrogens is 242 g/mol. The van der Waals surface area contributed by atoms with Gasteiger partial charge in [0.2, 0.25) is 0 Å². The second-order valence-electron chi connectivity index (χ2n) is 3.16. The van der Waals surface area contributed by atoms with E-state index in [0.29, 0.717) is 16.4 Å². The molecule has 6 heteroatoms. The molecule has 0 fully saturated rings. The summed E-state index contributed by atoms with van der Waals surface area (Å²) < 4.78 is 0. The molecule has 0 unspecified atom stereocenters. The maximum atomic E-state index is 10.0. The predicted octanol–water partition coefficient (Wildman–Crippen LogP) is 2.48. The second-order valence-corrected chi connectivity index (χ2v) is 4.75. The molecule has 4 nitrogen and oxygen atoms in total. The van der Waals surface area contributed by atoms with Crippen LogP contribution in [0.15, 0.2) is 16.2 Å². The van der Waals surface area contributed by atoms with Gasteiger partial charge in [0.15, 0.2) is 5.75 Å². The van der Waals surface area contributed by atoms with Crippen LogP contribution in [0.1, 0.15) is 5.82 Å². The highest BCUT2D eigenvalue weighted by atomic mass is 32.2. The summed E-state index contributed by atoms with van der Waals surface area (Å²) in [6.45, 7) is 1.80. The van der Waals surface area contributed by atoms with Crippen molar-refractivity contribution in [3.63, 3.8) is 0 Å². The maximum absolute atomic E-state index is 10.0. The number of nitrogens with zero attached hydrogens (tertiary/aromatic N) is 3. The van der Waals surface area contributed by atoms with Gasteiger partial charge in [0.1, 0.15) is 21.4 Å². The highest BCUT2D eigenvalue weighted by Crippen LogP contribution is 2.35. The first kappa shape index (κ1) is 11.5. The van der Waals surface area contributed by atoms with Crippen molar-refractivity contribution < 1.29 is 5.11 Å². The van der Waals surface area contributed by atoms with Gasteiger partial charge in [0.05, 0.1) is 5.39 Å². The first-order valence-corrected chi connectivity index (χ1v) is 7.06. The van der Waals surface area contributed by atoms with E-state index in [9.17, 15) is 5.11 Å². The molecule has 0 spiro atoms. The van der Waals surface area contributed by atoms with Crippen LogP contribution < -0.4 is 0 Å². The Labute approximate surface area is 102 Å². The summed E-state index contributed by atoms with van der Waals surface area (Å²) in [6.07, 6.45) is 5.54. The summed E-state index contributed by atoms with van der Waals surface area (Å²) in [5, 5.41) is 12.3. The molecule has 16 heavy (non-hydrogen) atoms. The lowest BCUT2D eigenvalue weighted by molar-refractivity contribution is 0.460. The van der Waals surface area contributed by atoms with Crippen molar-refractivity contribution in [2.45, 2.75) is 17.0 Å². The lowest BCUT2D eigenvalue weighted by atomic mass is 10.3. The van der Waals surface area contributed by atoms with E-state index < -0.39 is 0 Å². The van der Waals surface area contributed by atoms with Gasteiger partial charge in [0, 0.05) is 6.20 Å². The third-order valence-corrected chi connectivity index (χ3v) is 3.53. The number of fused-ring (bicyclic) bond motifs is 1. The van der Waals surface area contributed by atoms with Crippen molar-refractivity contribution in [1.29, 1.82) is 0 Å². The van der Waals surface area contributed by atoms with Crippen LogP contribution in [-0.4, -0.2) is 32.6 Å². The van der Waals surface area contributed by atoms with Crippen molar-refractivity contribution >= 4 is 34.4 Å². The van der Waals surface area contributed by atoms with Crippen LogP contribution >= 0.6 is 23.5 Å². The van der Waals surface area contributed by atoms with Gasteiger partial charge in [-0.25, -0.2) is 15.0 Å². The number of pyridine rings is 1. The third kappa shape index (κ3) is 1.82. The summed E-state index contributed by atoms with van der Waals surface area (Å²) in [7, 11) is 0. The molecule has 0 amide bonds. The van der Waals surface area contributed by atoms with Gasteiger partial charge in [0.25, 0.3) is 0 Å². The Morgan fingerprint density at radius 3 is 2.44 bits per heavy atom. The Morgan fingerprint density at radius 2 is 1.81 bits per heavy atom. The molecule has 0 aliphatic rings. The first-order valence-electron chi connectivity index (χ1n) is 4.61. The largest absolute Gasteiger partial charge is 0.503 e. The van der Waals surface area contributed by atoms with Crippen LogP contribution in [0.4, 0.5) is 0 Å². The number of aryl methyl sites for hydroxylation is 1. The predicted molar refractivity (Wildman–Crippen MR) is 67.3 cm³/mol. The highest BCUT2D eigenvalue weighted by Gasteiger charge is 2.13. The number of rotatable bonds is 2. The summed E-state index contributed by atoms with van der Waals surface area (Å²) in [4.78, 5) is 12.8. The summed E-state index contributed by atoms with van der Waals surface area (Å²) in [6, 6.07) is 0. The standard InChI is InChI=1S/C10H11N3OS2/c1-5-11-4-6-7(12-5)8(14)10(16-3)13-9(6)15-2/h4,14H,1-3H3.